The first-order valence-electron chi connectivity index (χ1n) is 6.36. The highest BCUT2D eigenvalue weighted by molar-refractivity contribution is 5.73. The summed E-state index contributed by atoms with van der Waals surface area (Å²) in [7, 11) is 0. The van der Waals surface area contributed by atoms with Crippen molar-refractivity contribution in [3.8, 4) is 0 Å². The quantitative estimate of drug-likeness (QED) is 0.182. The summed E-state index contributed by atoms with van der Waals surface area (Å²) in [6.07, 6.45) is -13.4. The fourth-order valence-electron chi connectivity index (χ4n) is 1.13. The highest BCUT2D eigenvalue weighted by Crippen LogP contribution is 2.04. The molecular formula is C11H22O13. The van der Waals surface area contributed by atoms with Crippen LogP contribution in [0.3, 0.4) is 0 Å². The minimum Gasteiger partial charge on any atom is -0.479 e. The van der Waals surface area contributed by atoms with Gasteiger partial charge in [-0.3, -0.25) is 0 Å². The Bertz CT molecular complexity index is 375. The van der Waals surface area contributed by atoms with Crippen molar-refractivity contribution < 1.29 is 65.8 Å². The third-order valence-corrected chi connectivity index (χ3v) is 2.67. The van der Waals surface area contributed by atoms with Crippen molar-refractivity contribution in [3.63, 3.8) is 0 Å². The fourth-order valence-corrected chi connectivity index (χ4v) is 1.13. The molecule has 13 heteroatoms. The molecule has 0 rings (SSSR count). The van der Waals surface area contributed by atoms with Gasteiger partial charge in [-0.15, -0.1) is 0 Å². The Kier molecular flexibility index (Phi) is 12.4. The van der Waals surface area contributed by atoms with Gasteiger partial charge in [-0.1, -0.05) is 0 Å². The molecule has 0 heterocycles. The summed E-state index contributed by atoms with van der Waals surface area (Å²) in [6, 6.07) is 0. The molecule has 0 aromatic carbocycles. The minimum atomic E-state index is -2.20. The predicted octanol–water partition coefficient (Wildman–Crippen LogP) is -6.35. The van der Waals surface area contributed by atoms with Crippen LogP contribution in [-0.2, 0) is 9.59 Å². The molecule has 0 fully saturated rings. The number of carboxylic acid groups (broad SMARTS) is 2. The smallest absolute Gasteiger partial charge is 0.335 e. The largest absolute Gasteiger partial charge is 0.479 e. The average molecular weight is 362 g/mol. The van der Waals surface area contributed by atoms with Crippen molar-refractivity contribution in [2.24, 2.45) is 0 Å². The van der Waals surface area contributed by atoms with Crippen molar-refractivity contribution in [2.75, 3.05) is 13.2 Å². The first-order valence-corrected chi connectivity index (χ1v) is 6.36. The van der Waals surface area contributed by atoms with Gasteiger partial charge in [0.25, 0.3) is 0 Å². The molecule has 0 aromatic rings. The van der Waals surface area contributed by atoms with Gasteiger partial charge in [0.15, 0.2) is 12.2 Å². The van der Waals surface area contributed by atoms with Crippen molar-refractivity contribution >= 4 is 11.9 Å². The van der Waals surface area contributed by atoms with Crippen molar-refractivity contribution in [1.29, 1.82) is 0 Å². The molecule has 0 radical (unpaired) electrons. The monoisotopic (exact) mass is 362 g/mol. The lowest BCUT2D eigenvalue weighted by molar-refractivity contribution is -0.164. The van der Waals surface area contributed by atoms with Crippen LogP contribution in [0.2, 0.25) is 0 Å². The molecule has 7 unspecified atom stereocenters. The summed E-state index contributed by atoms with van der Waals surface area (Å²) in [5, 5.41) is 94.0. The SMILES string of the molecule is O=C(O)C(O)C(O)C(O)C(O)CO.O=C(O)C(O)C(O)C(O)CO. The van der Waals surface area contributed by atoms with Gasteiger partial charge in [-0.25, -0.2) is 9.59 Å². The molecule has 11 N–H and O–H groups in total. The Hall–Kier alpha value is -1.42. The van der Waals surface area contributed by atoms with Gasteiger partial charge in [0.1, 0.15) is 30.5 Å². The van der Waals surface area contributed by atoms with Crippen LogP contribution in [0.15, 0.2) is 0 Å². The van der Waals surface area contributed by atoms with E-state index >= 15 is 0 Å². The Morgan fingerprint density at radius 1 is 0.583 bits per heavy atom. The van der Waals surface area contributed by atoms with Crippen LogP contribution in [0.25, 0.3) is 0 Å². The molecule has 0 aliphatic rings. The zero-order valence-electron chi connectivity index (χ0n) is 12.2. The number of aliphatic hydroxyl groups is 9. The van der Waals surface area contributed by atoms with Gasteiger partial charge in [0.05, 0.1) is 13.2 Å². The number of aliphatic hydroxyl groups excluding tert-OH is 9. The van der Waals surface area contributed by atoms with Crippen LogP contribution < -0.4 is 0 Å². The summed E-state index contributed by atoms with van der Waals surface area (Å²) < 4.78 is 0. The summed E-state index contributed by atoms with van der Waals surface area (Å²) in [4.78, 5) is 20.0. The molecule has 0 amide bonds. The van der Waals surface area contributed by atoms with E-state index in [-0.39, 0.29) is 0 Å². The van der Waals surface area contributed by atoms with Gasteiger partial charge in [-0.2, -0.15) is 0 Å². The lowest BCUT2D eigenvalue weighted by Gasteiger charge is -2.23. The second kappa shape index (κ2) is 12.0. The maximum atomic E-state index is 10.1. The Labute approximate surface area is 134 Å². The third kappa shape index (κ3) is 8.44. The maximum absolute atomic E-state index is 10.1. The van der Waals surface area contributed by atoms with E-state index in [0.29, 0.717) is 0 Å². The topological polar surface area (TPSA) is 257 Å². The van der Waals surface area contributed by atoms with Gasteiger partial charge < -0.3 is 56.2 Å². The Balaban J connectivity index is 0. The molecule has 13 nitrogen and oxygen atoms in total. The lowest BCUT2D eigenvalue weighted by Crippen LogP contribution is -2.48. The van der Waals surface area contributed by atoms with E-state index in [1.54, 1.807) is 0 Å². The van der Waals surface area contributed by atoms with Gasteiger partial charge in [0, 0.05) is 0 Å². The Morgan fingerprint density at radius 3 is 1.17 bits per heavy atom. The van der Waals surface area contributed by atoms with Crippen LogP contribution in [0.4, 0.5) is 0 Å². The highest BCUT2D eigenvalue weighted by atomic mass is 16.4. The molecule has 0 bridgehead atoms. The number of hydrogen-bond donors (Lipinski definition) is 11. The zero-order valence-corrected chi connectivity index (χ0v) is 12.2. The summed E-state index contributed by atoms with van der Waals surface area (Å²) in [5.74, 6) is -3.37. The van der Waals surface area contributed by atoms with Gasteiger partial charge in [-0.05, 0) is 0 Å². The van der Waals surface area contributed by atoms with Gasteiger partial charge >= 0.3 is 11.9 Å². The van der Waals surface area contributed by atoms with E-state index in [2.05, 4.69) is 0 Å². The average Bonchev–Trinajstić information content (AvgIpc) is 2.56. The normalized spacial score (nSPS) is 19.7. The first-order chi connectivity index (χ1) is 10.9. The van der Waals surface area contributed by atoms with E-state index in [1.807, 2.05) is 0 Å². The van der Waals surface area contributed by atoms with E-state index < -0.39 is 67.9 Å². The number of carboxylic acids is 2. The molecule has 0 aliphatic carbocycles. The van der Waals surface area contributed by atoms with Crippen LogP contribution >= 0.6 is 0 Å². The minimum absolute atomic E-state index is 0.800. The first kappa shape index (κ1) is 24.8. The Morgan fingerprint density at radius 2 is 0.875 bits per heavy atom. The van der Waals surface area contributed by atoms with Crippen molar-refractivity contribution in [2.45, 2.75) is 42.7 Å². The second-order valence-electron chi connectivity index (χ2n) is 4.54. The van der Waals surface area contributed by atoms with Gasteiger partial charge in [0.2, 0.25) is 0 Å². The highest BCUT2D eigenvalue weighted by Gasteiger charge is 2.33. The molecule has 0 aromatic heterocycles. The van der Waals surface area contributed by atoms with E-state index in [0.717, 1.165) is 0 Å². The van der Waals surface area contributed by atoms with Crippen LogP contribution in [0.5, 0.6) is 0 Å². The molecular weight excluding hydrogens is 340 g/mol. The lowest BCUT2D eigenvalue weighted by atomic mass is 10.0. The summed E-state index contributed by atoms with van der Waals surface area (Å²) in [6.45, 7) is -1.64. The fraction of sp³-hybridized carbons (Fsp3) is 0.818. The number of hydrogen-bond acceptors (Lipinski definition) is 11. The molecule has 144 valence electrons. The second-order valence-corrected chi connectivity index (χ2v) is 4.54. The summed E-state index contributed by atoms with van der Waals surface area (Å²) in [5.41, 5.74) is 0. The molecule has 7 atom stereocenters. The standard InChI is InChI=1S/C6H12O7.C5H10O6/c7-1-2(8)3(9)4(10)5(11)6(12)13;6-1-2(7)3(8)4(9)5(10)11/h2-5,7-11H,1H2,(H,12,13);2-4,6-9H,1H2,(H,10,11). The molecule has 0 aliphatic heterocycles. The predicted molar refractivity (Wildman–Crippen MR) is 71.5 cm³/mol. The van der Waals surface area contributed by atoms with Crippen LogP contribution in [0.1, 0.15) is 0 Å². The molecule has 24 heavy (non-hydrogen) atoms. The van der Waals surface area contributed by atoms with E-state index in [1.165, 1.54) is 0 Å². The molecule has 0 spiro atoms. The molecule has 0 saturated heterocycles. The van der Waals surface area contributed by atoms with Crippen LogP contribution in [0, 0.1) is 0 Å². The van der Waals surface area contributed by atoms with Crippen molar-refractivity contribution in [1.82, 2.24) is 0 Å². The summed E-state index contributed by atoms with van der Waals surface area (Å²) >= 11 is 0. The number of aliphatic carboxylic acids is 2. The number of carbonyl (C=O) groups is 2. The zero-order chi connectivity index (χ0) is 19.6. The van der Waals surface area contributed by atoms with Crippen molar-refractivity contribution in [3.05, 3.63) is 0 Å². The van der Waals surface area contributed by atoms with Crippen LogP contribution in [-0.4, -0.2) is 124 Å². The van der Waals surface area contributed by atoms with E-state index in [9.17, 15) is 9.59 Å². The third-order valence-electron chi connectivity index (χ3n) is 2.67. The maximum Gasteiger partial charge on any atom is 0.335 e. The number of rotatable bonds is 9. The van der Waals surface area contributed by atoms with E-state index in [4.69, 9.17) is 56.2 Å². The molecule has 0 saturated carbocycles.